The Morgan fingerprint density at radius 1 is 0.941 bits per heavy atom. The largest absolute Gasteiger partial charge is 0.356 e. The van der Waals surface area contributed by atoms with Crippen molar-refractivity contribution < 1.29 is 9.59 Å². The van der Waals surface area contributed by atoms with E-state index in [0.717, 1.165) is 12.8 Å². The third-order valence-corrected chi connectivity index (χ3v) is 5.63. The number of aromatic nitrogens is 2. The molecule has 3 aromatic rings. The van der Waals surface area contributed by atoms with E-state index >= 15 is 0 Å². The number of nitrogens with zero attached hydrogens (tertiary/aromatic N) is 2. The highest BCUT2D eigenvalue weighted by molar-refractivity contribution is 5.80. The first kappa shape index (κ1) is 25.1. The van der Waals surface area contributed by atoms with Gasteiger partial charge in [-0.05, 0) is 43.4 Å². The van der Waals surface area contributed by atoms with E-state index in [-0.39, 0.29) is 42.8 Å². The van der Waals surface area contributed by atoms with E-state index in [1.807, 2.05) is 57.2 Å². The molecule has 3 rings (SSSR count). The fraction of sp³-hybridized carbons (Fsp3) is 0.407. The highest BCUT2D eigenvalue weighted by Crippen LogP contribution is 2.11. The summed E-state index contributed by atoms with van der Waals surface area (Å²) >= 11 is 0. The molecule has 180 valence electrons. The third kappa shape index (κ3) is 7.27. The summed E-state index contributed by atoms with van der Waals surface area (Å²) in [6, 6.07) is 17.4. The summed E-state index contributed by atoms with van der Waals surface area (Å²) < 4.78 is 1.46. The van der Waals surface area contributed by atoms with Crippen molar-refractivity contribution in [1.29, 1.82) is 0 Å². The van der Waals surface area contributed by atoms with Gasteiger partial charge in [-0.3, -0.25) is 19.0 Å². The lowest BCUT2D eigenvalue weighted by Gasteiger charge is -2.16. The molecule has 2 aromatic carbocycles. The number of nitrogens with one attached hydrogen (secondary N) is 2. The van der Waals surface area contributed by atoms with Gasteiger partial charge in [-0.25, -0.2) is 4.98 Å². The quantitative estimate of drug-likeness (QED) is 0.458. The molecule has 0 fully saturated rings. The van der Waals surface area contributed by atoms with Gasteiger partial charge < -0.3 is 10.6 Å². The lowest BCUT2D eigenvalue weighted by molar-refractivity contribution is -0.122. The molecule has 2 amide bonds. The molecule has 2 N–H and O–H groups in total. The standard InChI is InChI=1S/C27H34N4O3/c1-19(2)17-28-25(32)16-15-23-27(34)31(24-12-8-7-11-22(24)30-23)18-26(33)29-20(3)13-14-21-9-5-4-6-10-21/h4-12,19-20H,13-18H2,1-3H3,(H,28,32)(H,29,33). The predicted octanol–water partition coefficient (Wildman–Crippen LogP) is 3.24. The summed E-state index contributed by atoms with van der Waals surface area (Å²) in [5, 5.41) is 5.87. The molecule has 34 heavy (non-hydrogen) atoms. The average Bonchev–Trinajstić information content (AvgIpc) is 2.82. The van der Waals surface area contributed by atoms with Gasteiger partial charge in [0, 0.05) is 25.4 Å². The number of amides is 2. The van der Waals surface area contributed by atoms with E-state index in [0.29, 0.717) is 29.2 Å². The van der Waals surface area contributed by atoms with Crippen LogP contribution in [0.1, 0.15) is 44.9 Å². The second-order valence-corrected chi connectivity index (χ2v) is 9.13. The molecule has 0 saturated carbocycles. The van der Waals surface area contributed by atoms with Crippen LogP contribution < -0.4 is 16.2 Å². The van der Waals surface area contributed by atoms with Crippen LogP contribution in [0.15, 0.2) is 59.4 Å². The smallest absolute Gasteiger partial charge is 0.273 e. The van der Waals surface area contributed by atoms with E-state index < -0.39 is 0 Å². The van der Waals surface area contributed by atoms with Crippen molar-refractivity contribution in [3.63, 3.8) is 0 Å². The minimum atomic E-state index is -0.331. The normalized spacial score (nSPS) is 12.0. The van der Waals surface area contributed by atoms with Crippen molar-refractivity contribution in [3.05, 3.63) is 76.2 Å². The Balaban J connectivity index is 1.69. The van der Waals surface area contributed by atoms with Gasteiger partial charge >= 0.3 is 0 Å². The van der Waals surface area contributed by atoms with Crippen LogP contribution >= 0.6 is 0 Å². The molecule has 0 aliphatic rings. The average molecular weight is 463 g/mol. The lowest BCUT2D eigenvalue weighted by Crippen LogP contribution is -2.38. The van der Waals surface area contributed by atoms with Crippen molar-refractivity contribution in [2.24, 2.45) is 5.92 Å². The van der Waals surface area contributed by atoms with Crippen molar-refractivity contribution in [3.8, 4) is 0 Å². The van der Waals surface area contributed by atoms with Gasteiger partial charge in [0.2, 0.25) is 11.8 Å². The second kappa shape index (κ2) is 12.1. The molecule has 7 nitrogen and oxygen atoms in total. The molecular formula is C27H34N4O3. The fourth-order valence-corrected chi connectivity index (χ4v) is 3.77. The minimum Gasteiger partial charge on any atom is -0.356 e. The number of hydrogen-bond acceptors (Lipinski definition) is 4. The zero-order chi connectivity index (χ0) is 24.5. The molecule has 0 radical (unpaired) electrons. The van der Waals surface area contributed by atoms with Crippen molar-refractivity contribution in [2.45, 2.75) is 59.0 Å². The number of benzene rings is 2. The van der Waals surface area contributed by atoms with Crippen LogP contribution in [0.4, 0.5) is 0 Å². The van der Waals surface area contributed by atoms with Crippen molar-refractivity contribution in [2.75, 3.05) is 6.54 Å². The zero-order valence-electron chi connectivity index (χ0n) is 20.2. The summed E-state index contributed by atoms with van der Waals surface area (Å²) in [6.07, 6.45) is 2.07. The molecule has 0 saturated heterocycles. The Morgan fingerprint density at radius 3 is 2.38 bits per heavy atom. The maximum Gasteiger partial charge on any atom is 0.273 e. The molecule has 0 bridgehead atoms. The molecule has 7 heteroatoms. The molecule has 0 spiro atoms. The third-order valence-electron chi connectivity index (χ3n) is 5.63. The van der Waals surface area contributed by atoms with Crippen LogP contribution in [0, 0.1) is 5.92 Å². The van der Waals surface area contributed by atoms with Gasteiger partial charge in [-0.1, -0.05) is 56.3 Å². The first-order valence-electron chi connectivity index (χ1n) is 11.9. The minimum absolute atomic E-state index is 0.0272. The first-order valence-corrected chi connectivity index (χ1v) is 11.9. The van der Waals surface area contributed by atoms with Crippen molar-refractivity contribution in [1.82, 2.24) is 20.2 Å². The molecule has 0 aliphatic heterocycles. The lowest BCUT2D eigenvalue weighted by atomic mass is 10.1. The van der Waals surface area contributed by atoms with Gasteiger partial charge in [0.1, 0.15) is 12.2 Å². The van der Waals surface area contributed by atoms with E-state index in [2.05, 4.69) is 27.8 Å². The predicted molar refractivity (Wildman–Crippen MR) is 135 cm³/mol. The molecule has 1 aromatic heterocycles. The number of fused-ring (bicyclic) bond motifs is 1. The van der Waals surface area contributed by atoms with Gasteiger partial charge in [-0.2, -0.15) is 0 Å². The van der Waals surface area contributed by atoms with Gasteiger partial charge in [0.05, 0.1) is 11.0 Å². The van der Waals surface area contributed by atoms with E-state index in [9.17, 15) is 14.4 Å². The Kier molecular flexibility index (Phi) is 8.96. The first-order chi connectivity index (χ1) is 16.3. The monoisotopic (exact) mass is 462 g/mol. The SMILES string of the molecule is CC(C)CNC(=O)CCc1nc2ccccc2n(CC(=O)NC(C)CCc2ccccc2)c1=O. The van der Waals surface area contributed by atoms with E-state index in [1.54, 1.807) is 6.07 Å². The Hall–Kier alpha value is -3.48. The fourth-order valence-electron chi connectivity index (χ4n) is 3.77. The number of carbonyl (C=O) groups excluding carboxylic acids is 2. The zero-order valence-corrected chi connectivity index (χ0v) is 20.2. The highest BCUT2D eigenvalue weighted by atomic mass is 16.2. The molecule has 1 atom stereocenters. The Labute approximate surface area is 200 Å². The van der Waals surface area contributed by atoms with Crippen LogP contribution in [-0.2, 0) is 29.0 Å². The number of hydrogen-bond donors (Lipinski definition) is 2. The summed E-state index contributed by atoms with van der Waals surface area (Å²) in [5.41, 5.74) is 2.42. The van der Waals surface area contributed by atoms with Crippen molar-refractivity contribution >= 4 is 22.8 Å². The summed E-state index contributed by atoms with van der Waals surface area (Å²) in [6.45, 7) is 6.52. The molecule has 1 unspecified atom stereocenters. The second-order valence-electron chi connectivity index (χ2n) is 9.13. The highest BCUT2D eigenvalue weighted by Gasteiger charge is 2.16. The van der Waals surface area contributed by atoms with Crippen LogP contribution in [-0.4, -0.2) is 34.0 Å². The molecule has 0 aliphatic carbocycles. The summed E-state index contributed by atoms with van der Waals surface area (Å²) in [5.74, 6) is 0.0211. The number of para-hydroxylation sites is 2. The Bertz CT molecular complexity index is 1170. The van der Waals surface area contributed by atoms with Crippen LogP contribution in [0.5, 0.6) is 0 Å². The van der Waals surface area contributed by atoms with Crippen LogP contribution in [0.3, 0.4) is 0 Å². The maximum atomic E-state index is 13.2. The van der Waals surface area contributed by atoms with Crippen LogP contribution in [0.25, 0.3) is 11.0 Å². The van der Waals surface area contributed by atoms with E-state index in [1.165, 1.54) is 10.1 Å². The number of aryl methyl sites for hydroxylation is 2. The summed E-state index contributed by atoms with van der Waals surface area (Å²) in [4.78, 5) is 42.6. The molecule has 1 heterocycles. The molecular weight excluding hydrogens is 428 g/mol. The number of carbonyl (C=O) groups is 2. The van der Waals surface area contributed by atoms with Gasteiger partial charge in [0.25, 0.3) is 5.56 Å². The van der Waals surface area contributed by atoms with Crippen LogP contribution in [0.2, 0.25) is 0 Å². The number of rotatable bonds is 11. The van der Waals surface area contributed by atoms with Gasteiger partial charge in [0.15, 0.2) is 0 Å². The Morgan fingerprint density at radius 2 is 1.65 bits per heavy atom. The topological polar surface area (TPSA) is 93.1 Å². The van der Waals surface area contributed by atoms with Gasteiger partial charge in [-0.15, -0.1) is 0 Å². The van der Waals surface area contributed by atoms with E-state index in [4.69, 9.17) is 0 Å². The maximum absolute atomic E-state index is 13.2. The summed E-state index contributed by atoms with van der Waals surface area (Å²) in [7, 11) is 0.